The molecule has 0 heterocycles. The van der Waals surface area contributed by atoms with Crippen LogP contribution in [0.2, 0.25) is 0 Å². The highest BCUT2D eigenvalue weighted by Crippen LogP contribution is 2.19. The van der Waals surface area contributed by atoms with Gasteiger partial charge in [0, 0.05) is 13.7 Å². The van der Waals surface area contributed by atoms with E-state index in [2.05, 4.69) is 5.32 Å². The lowest BCUT2D eigenvalue weighted by atomic mass is 10.3. The molecular weight excluding hydrogens is 211 g/mol. The molecule has 0 aliphatic carbocycles. The number of ether oxygens (including phenoxy) is 2. The number of rotatable bonds is 8. The minimum absolute atomic E-state index is 0.296. The van der Waals surface area contributed by atoms with Crippen LogP contribution < -0.4 is 5.32 Å². The van der Waals surface area contributed by atoms with Gasteiger partial charge in [-0.25, -0.2) is 0 Å². The Morgan fingerprint density at radius 1 is 1.33 bits per heavy atom. The maximum Gasteiger partial charge on any atom is 0.391 e. The van der Waals surface area contributed by atoms with Crippen LogP contribution in [0.1, 0.15) is 13.3 Å². The molecule has 0 spiro atoms. The zero-order chi connectivity index (χ0) is 11.7. The fourth-order valence-electron chi connectivity index (χ4n) is 0.999. The van der Waals surface area contributed by atoms with Gasteiger partial charge in [0.05, 0.1) is 25.7 Å². The molecule has 0 amide bonds. The molecule has 0 aromatic carbocycles. The average Bonchev–Trinajstić information content (AvgIpc) is 2.12. The zero-order valence-electron chi connectivity index (χ0n) is 9.06. The Labute approximate surface area is 87.9 Å². The van der Waals surface area contributed by atoms with E-state index >= 15 is 0 Å². The summed E-state index contributed by atoms with van der Waals surface area (Å²) >= 11 is 0. The third-order valence-corrected chi connectivity index (χ3v) is 1.71. The van der Waals surface area contributed by atoms with Crippen molar-refractivity contribution in [1.82, 2.24) is 5.32 Å². The summed E-state index contributed by atoms with van der Waals surface area (Å²) < 4.78 is 45.3. The molecule has 0 bridgehead atoms. The van der Waals surface area contributed by atoms with Crippen molar-refractivity contribution in [1.29, 1.82) is 0 Å². The summed E-state index contributed by atoms with van der Waals surface area (Å²) in [4.78, 5) is 0. The molecule has 0 saturated carbocycles. The quantitative estimate of drug-likeness (QED) is 0.685. The van der Waals surface area contributed by atoms with Crippen molar-refractivity contribution in [3.8, 4) is 0 Å². The Bertz CT molecular complexity index is 153. The molecule has 0 aliphatic rings. The van der Waals surface area contributed by atoms with Crippen molar-refractivity contribution in [2.75, 3.05) is 33.4 Å². The highest BCUT2D eigenvalue weighted by molar-refractivity contribution is 4.61. The number of halogens is 3. The second-order valence-electron chi connectivity index (χ2n) is 3.12. The van der Waals surface area contributed by atoms with Crippen molar-refractivity contribution < 1.29 is 22.6 Å². The Balaban J connectivity index is 3.65. The molecule has 0 aromatic heterocycles. The fourth-order valence-corrected chi connectivity index (χ4v) is 0.999. The molecule has 1 atom stereocenters. The lowest BCUT2D eigenvalue weighted by molar-refractivity contribution is -0.150. The normalized spacial score (nSPS) is 14.2. The third kappa shape index (κ3) is 9.96. The minimum Gasteiger partial charge on any atom is -0.382 e. The summed E-state index contributed by atoms with van der Waals surface area (Å²) in [7, 11) is 1.49. The van der Waals surface area contributed by atoms with Crippen molar-refractivity contribution in [2.24, 2.45) is 0 Å². The topological polar surface area (TPSA) is 30.5 Å². The summed E-state index contributed by atoms with van der Waals surface area (Å²) in [5, 5.41) is 2.99. The Hall–Kier alpha value is -0.330. The van der Waals surface area contributed by atoms with Gasteiger partial charge in [-0.2, -0.15) is 13.2 Å². The van der Waals surface area contributed by atoms with Crippen LogP contribution >= 0.6 is 0 Å². The first-order chi connectivity index (χ1) is 6.99. The van der Waals surface area contributed by atoms with Crippen molar-refractivity contribution in [2.45, 2.75) is 25.6 Å². The lowest BCUT2D eigenvalue weighted by Gasteiger charge is -2.17. The van der Waals surface area contributed by atoms with Gasteiger partial charge in [0.1, 0.15) is 0 Å². The predicted octanol–water partition coefficient (Wildman–Crippen LogP) is 1.58. The van der Waals surface area contributed by atoms with Gasteiger partial charge in [0.2, 0.25) is 0 Å². The van der Waals surface area contributed by atoms with E-state index in [0.29, 0.717) is 13.2 Å². The van der Waals surface area contributed by atoms with E-state index in [0.717, 1.165) is 6.54 Å². The Morgan fingerprint density at radius 2 is 2.00 bits per heavy atom. The van der Waals surface area contributed by atoms with Crippen LogP contribution in [-0.4, -0.2) is 45.7 Å². The van der Waals surface area contributed by atoms with Gasteiger partial charge in [-0.15, -0.1) is 0 Å². The van der Waals surface area contributed by atoms with Gasteiger partial charge in [0.15, 0.2) is 0 Å². The van der Waals surface area contributed by atoms with E-state index in [-0.39, 0.29) is 12.7 Å². The van der Waals surface area contributed by atoms with E-state index in [1.54, 1.807) is 0 Å². The van der Waals surface area contributed by atoms with E-state index in [1.165, 1.54) is 7.11 Å². The molecule has 0 aliphatic heterocycles. The van der Waals surface area contributed by atoms with E-state index in [4.69, 9.17) is 9.47 Å². The molecule has 15 heavy (non-hydrogen) atoms. The van der Waals surface area contributed by atoms with E-state index in [9.17, 15) is 13.2 Å². The highest BCUT2D eigenvalue weighted by Gasteiger charge is 2.27. The van der Waals surface area contributed by atoms with Gasteiger partial charge in [-0.3, -0.25) is 0 Å². The average molecular weight is 229 g/mol. The summed E-state index contributed by atoms with van der Waals surface area (Å²) in [6.45, 7) is 3.15. The second kappa shape index (κ2) is 7.90. The number of methoxy groups -OCH3 is 1. The third-order valence-electron chi connectivity index (χ3n) is 1.71. The maximum absolute atomic E-state index is 11.8. The molecule has 0 saturated heterocycles. The van der Waals surface area contributed by atoms with Crippen LogP contribution in [0.25, 0.3) is 0 Å². The second-order valence-corrected chi connectivity index (χ2v) is 3.12. The van der Waals surface area contributed by atoms with Crippen LogP contribution in [0.15, 0.2) is 0 Å². The minimum atomic E-state index is -4.16. The van der Waals surface area contributed by atoms with Crippen LogP contribution in [0, 0.1) is 0 Å². The van der Waals surface area contributed by atoms with E-state index < -0.39 is 12.6 Å². The van der Waals surface area contributed by atoms with Gasteiger partial charge in [-0.1, -0.05) is 6.92 Å². The summed E-state index contributed by atoms with van der Waals surface area (Å²) in [5.41, 5.74) is 0. The predicted molar refractivity (Wildman–Crippen MR) is 50.8 cm³/mol. The zero-order valence-corrected chi connectivity index (χ0v) is 9.06. The van der Waals surface area contributed by atoms with Crippen LogP contribution in [0.3, 0.4) is 0 Å². The van der Waals surface area contributed by atoms with Gasteiger partial charge >= 0.3 is 6.18 Å². The molecule has 3 nitrogen and oxygen atoms in total. The largest absolute Gasteiger partial charge is 0.391 e. The molecule has 0 radical (unpaired) electrons. The van der Waals surface area contributed by atoms with Crippen LogP contribution in [0.5, 0.6) is 0 Å². The number of hydrogen-bond acceptors (Lipinski definition) is 3. The molecule has 0 fully saturated rings. The van der Waals surface area contributed by atoms with E-state index in [1.807, 2.05) is 6.92 Å². The first-order valence-electron chi connectivity index (χ1n) is 4.87. The number of likely N-dealkylation sites (N-methyl/N-ethyl adjacent to an activating group) is 1. The maximum atomic E-state index is 11.8. The summed E-state index contributed by atoms with van der Waals surface area (Å²) in [6.07, 6.45) is -5.40. The molecule has 0 rings (SSSR count). The molecular formula is C9H18F3NO2. The number of nitrogens with one attached hydrogen (secondary N) is 1. The molecule has 0 aromatic rings. The lowest BCUT2D eigenvalue weighted by Crippen LogP contribution is -2.33. The summed E-state index contributed by atoms with van der Waals surface area (Å²) in [5.74, 6) is 0. The van der Waals surface area contributed by atoms with Gasteiger partial charge in [0.25, 0.3) is 0 Å². The number of hydrogen-bond donors (Lipinski definition) is 1. The highest BCUT2D eigenvalue weighted by atomic mass is 19.4. The number of alkyl halides is 3. The molecule has 6 heteroatoms. The van der Waals surface area contributed by atoms with Crippen molar-refractivity contribution in [3.05, 3.63) is 0 Å². The van der Waals surface area contributed by atoms with Crippen molar-refractivity contribution in [3.63, 3.8) is 0 Å². The van der Waals surface area contributed by atoms with Crippen LogP contribution in [0.4, 0.5) is 13.2 Å². The first-order valence-corrected chi connectivity index (χ1v) is 4.87. The van der Waals surface area contributed by atoms with Gasteiger partial charge in [-0.05, 0) is 6.54 Å². The fraction of sp³-hybridized carbons (Fsp3) is 1.00. The van der Waals surface area contributed by atoms with Crippen molar-refractivity contribution >= 4 is 0 Å². The molecule has 1 N–H and O–H groups in total. The monoisotopic (exact) mass is 229 g/mol. The Morgan fingerprint density at radius 3 is 2.47 bits per heavy atom. The molecule has 1 unspecified atom stereocenters. The van der Waals surface area contributed by atoms with Crippen LogP contribution in [-0.2, 0) is 9.47 Å². The molecule has 92 valence electrons. The smallest absolute Gasteiger partial charge is 0.382 e. The van der Waals surface area contributed by atoms with Gasteiger partial charge < -0.3 is 14.8 Å². The SMILES string of the molecule is CCNCC(COC)OCCC(F)(F)F. The first kappa shape index (κ1) is 14.7. The Kier molecular flexibility index (Phi) is 7.72. The standard InChI is InChI=1S/C9H18F3NO2/c1-3-13-6-8(7-14-2)15-5-4-9(10,11)12/h8,13H,3-7H2,1-2H3. The summed E-state index contributed by atoms with van der Waals surface area (Å²) in [6, 6.07) is 0.